The molecule has 1 rings (SSSR count). The molecule has 0 radical (unpaired) electrons. The Morgan fingerprint density at radius 1 is 1.62 bits per heavy atom. The van der Waals surface area contributed by atoms with Crippen molar-refractivity contribution in [3.05, 3.63) is 28.5 Å². The van der Waals surface area contributed by atoms with E-state index in [0.29, 0.717) is 6.42 Å². The molecule has 0 saturated heterocycles. The van der Waals surface area contributed by atoms with Crippen molar-refractivity contribution in [3.8, 4) is 0 Å². The minimum absolute atomic E-state index is 0.0647. The van der Waals surface area contributed by atoms with Gasteiger partial charge in [0.25, 0.3) is 0 Å². The molecule has 0 aliphatic rings. The summed E-state index contributed by atoms with van der Waals surface area (Å²) in [6.07, 6.45) is 0.297. The fraction of sp³-hybridized carbons (Fsp3) is 0.222. The van der Waals surface area contributed by atoms with E-state index in [9.17, 15) is 9.18 Å². The molecule has 4 heteroatoms. The SMILES string of the molecule is CCC(=O)c1cc(F)c(Cl)cc1N. The lowest BCUT2D eigenvalue weighted by atomic mass is 10.1. The average molecular weight is 202 g/mol. The number of hydrogen-bond acceptors (Lipinski definition) is 2. The molecule has 2 N–H and O–H groups in total. The molecule has 0 aliphatic carbocycles. The molecule has 0 heterocycles. The van der Waals surface area contributed by atoms with Crippen LogP contribution in [0.5, 0.6) is 0 Å². The first kappa shape index (κ1) is 9.99. The summed E-state index contributed by atoms with van der Waals surface area (Å²) in [5.74, 6) is -0.805. The number of nitrogen functional groups attached to an aromatic ring is 1. The van der Waals surface area contributed by atoms with Gasteiger partial charge in [0, 0.05) is 17.7 Å². The van der Waals surface area contributed by atoms with Crippen molar-refractivity contribution < 1.29 is 9.18 Å². The first-order valence-corrected chi connectivity index (χ1v) is 4.21. The standard InChI is InChI=1S/C9H9ClFNO/c1-2-9(13)5-3-7(11)6(10)4-8(5)12/h3-4H,2,12H2,1H3. The normalized spacial score (nSPS) is 10.1. The van der Waals surface area contributed by atoms with E-state index in [2.05, 4.69) is 0 Å². The fourth-order valence-corrected chi connectivity index (χ4v) is 1.17. The zero-order valence-corrected chi connectivity index (χ0v) is 7.86. The molecule has 0 fully saturated rings. The van der Waals surface area contributed by atoms with Gasteiger partial charge in [-0.2, -0.15) is 0 Å². The van der Waals surface area contributed by atoms with Gasteiger partial charge in [-0.15, -0.1) is 0 Å². The fourth-order valence-electron chi connectivity index (χ4n) is 0.994. The molecule has 13 heavy (non-hydrogen) atoms. The van der Waals surface area contributed by atoms with Crippen LogP contribution in [0.4, 0.5) is 10.1 Å². The van der Waals surface area contributed by atoms with E-state index in [1.54, 1.807) is 6.92 Å². The number of nitrogens with two attached hydrogens (primary N) is 1. The van der Waals surface area contributed by atoms with E-state index in [-0.39, 0.29) is 22.1 Å². The van der Waals surface area contributed by atoms with Crippen LogP contribution >= 0.6 is 11.6 Å². The number of halogens is 2. The lowest BCUT2D eigenvalue weighted by Gasteiger charge is -2.04. The highest BCUT2D eigenvalue weighted by molar-refractivity contribution is 6.31. The smallest absolute Gasteiger partial charge is 0.164 e. The maximum absolute atomic E-state index is 12.9. The summed E-state index contributed by atoms with van der Waals surface area (Å²) in [5.41, 5.74) is 5.91. The molecule has 0 aliphatic heterocycles. The minimum atomic E-state index is -0.618. The van der Waals surface area contributed by atoms with E-state index < -0.39 is 5.82 Å². The predicted molar refractivity (Wildman–Crippen MR) is 50.4 cm³/mol. The monoisotopic (exact) mass is 201 g/mol. The van der Waals surface area contributed by atoms with Gasteiger partial charge in [-0.3, -0.25) is 4.79 Å². The lowest BCUT2D eigenvalue weighted by Crippen LogP contribution is -2.03. The van der Waals surface area contributed by atoms with Crippen molar-refractivity contribution in [1.82, 2.24) is 0 Å². The zero-order valence-electron chi connectivity index (χ0n) is 7.10. The first-order valence-electron chi connectivity index (χ1n) is 3.84. The summed E-state index contributed by atoms with van der Waals surface area (Å²) < 4.78 is 12.9. The van der Waals surface area contributed by atoms with Crippen molar-refractivity contribution >= 4 is 23.1 Å². The number of hydrogen-bond donors (Lipinski definition) is 1. The van der Waals surface area contributed by atoms with Crippen molar-refractivity contribution in [2.45, 2.75) is 13.3 Å². The lowest BCUT2D eigenvalue weighted by molar-refractivity contribution is 0.0988. The van der Waals surface area contributed by atoms with Crippen LogP contribution < -0.4 is 5.73 Å². The summed E-state index contributed by atoms with van der Waals surface area (Å²) in [4.78, 5) is 11.2. The highest BCUT2D eigenvalue weighted by Crippen LogP contribution is 2.22. The van der Waals surface area contributed by atoms with Gasteiger partial charge in [-0.05, 0) is 12.1 Å². The van der Waals surface area contributed by atoms with Crippen LogP contribution in [0.3, 0.4) is 0 Å². The topological polar surface area (TPSA) is 43.1 Å². The number of ketones is 1. The molecule has 1 aromatic rings. The molecule has 1 aromatic carbocycles. The van der Waals surface area contributed by atoms with Gasteiger partial charge in [-0.1, -0.05) is 18.5 Å². The Balaban J connectivity index is 3.23. The second-order valence-corrected chi connectivity index (χ2v) is 3.04. The van der Waals surface area contributed by atoms with Gasteiger partial charge in [0.05, 0.1) is 5.02 Å². The van der Waals surface area contributed by atoms with Crippen LogP contribution in [0, 0.1) is 5.82 Å². The van der Waals surface area contributed by atoms with Crippen molar-refractivity contribution in [2.75, 3.05) is 5.73 Å². The van der Waals surface area contributed by atoms with E-state index >= 15 is 0 Å². The van der Waals surface area contributed by atoms with Crippen LogP contribution in [0.1, 0.15) is 23.7 Å². The second-order valence-electron chi connectivity index (χ2n) is 2.63. The maximum atomic E-state index is 12.9. The number of benzene rings is 1. The summed E-state index contributed by atoms with van der Waals surface area (Å²) in [6.45, 7) is 1.69. The van der Waals surface area contributed by atoms with E-state index in [1.165, 1.54) is 6.07 Å². The van der Waals surface area contributed by atoms with Crippen LogP contribution in [0.15, 0.2) is 12.1 Å². The van der Waals surface area contributed by atoms with Crippen molar-refractivity contribution in [2.24, 2.45) is 0 Å². The predicted octanol–water partition coefficient (Wildman–Crippen LogP) is 2.65. The summed E-state index contributed by atoms with van der Waals surface area (Å²) in [5, 5.41) is -0.0647. The molecule has 0 atom stereocenters. The largest absolute Gasteiger partial charge is 0.398 e. The number of carbonyl (C=O) groups excluding carboxylic acids is 1. The zero-order chi connectivity index (χ0) is 10.0. The number of carbonyl (C=O) groups is 1. The van der Waals surface area contributed by atoms with Gasteiger partial charge in [0.15, 0.2) is 5.78 Å². The molecule has 2 nitrogen and oxygen atoms in total. The highest BCUT2D eigenvalue weighted by Gasteiger charge is 2.11. The second kappa shape index (κ2) is 3.75. The molecule has 0 spiro atoms. The van der Waals surface area contributed by atoms with Crippen LogP contribution in [-0.2, 0) is 0 Å². The third-order valence-corrected chi connectivity index (χ3v) is 2.00. The molecular weight excluding hydrogens is 193 g/mol. The van der Waals surface area contributed by atoms with Crippen LogP contribution in [0.2, 0.25) is 5.02 Å². The summed E-state index contributed by atoms with van der Waals surface area (Å²) >= 11 is 5.47. The van der Waals surface area contributed by atoms with Gasteiger partial charge in [-0.25, -0.2) is 4.39 Å². The van der Waals surface area contributed by atoms with Gasteiger partial charge in [0.1, 0.15) is 5.82 Å². The van der Waals surface area contributed by atoms with E-state index in [0.717, 1.165) is 6.07 Å². The average Bonchev–Trinajstić information content (AvgIpc) is 2.10. The number of Topliss-reactive ketones (excluding diaryl/α,β-unsaturated/α-hetero) is 1. The number of rotatable bonds is 2. The van der Waals surface area contributed by atoms with Crippen molar-refractivity contribution in [1.29, 1.82) is 0 Å². The van der Waals surface area contributed by atoms with Crippen LogP contribution in [-0.4, -0.2) is 5.78 Å². The Kier molecular flexibility index (Phi) is 2.88. The quantitative estimate of drug-likeness (QED) is 0.591. The molecule has 0 aromatic heterocycles. The Labute approximate surface area is 80.5 Å². The first-order chi connectivity index (χ1) is 6.06. The summed E-state index contributed by atoms with van der Waals surface area (Å²) in [6, 6.07) is 2.32. The third kappa shape index (κ3) is 1.98. The van der Waals surface area contributed by atoms with E-state index in [1.807, 2.05) is 0 Å². The molecular formula is C9H9ClFNO. The molecule has 0 bridgehead atoms. The Morgan fingerprint density at radius 3 is 2.77 bits per heavy atom. The Hall–Kier alpha value is -1.09. The maximum Gasteiger partial charge on any atom is 0.164 e. The Bertz CT molecular complexity index is 352. The molecule has 70 valence electrons. The Morgan fingerprint density at radius 2 is 2.23 bits per heavy atom. The van der Waals surface area contributed by atoms with Gasteiger partial charge < -0.3 is 5.73 Å². The molecule has 0 unspecified atom stereocenters. The molecule has 0 amide bonds. The molecule has 0 saturated carbocycles. The summed E-state index contributed by atoms with van der Waals surface area (Å²) in [7, 11) is 0. The van der Waals surface area contributed by atoms with Gasteiger partial charge in [0.2, 0.25) is 0 Å². The highest BCUT2D eigenvalue weighted by atomic mass is 35.5. The van der Waals surface area contributed by atoms with Crippen molar-refractivity contribution in [3.63, 3.8) is 0 Å². The number of anilines is 1. The van der Waals surface area contributed by atoms with Crippen LogP contribution in [0.25, 0.3) is 0 Å². The van der Waals surface area contributed by atoms with Gasteiger partial charge >= 0.3 is 0 Å². The minimum Gasteiger partial charge on any atom is -0.398 e. The van der Waals surface area contributed by atoms with E-state index in [4.69, 9.17) is 17.3 Å². The third-order valence-electron chi connectivity index (χ3n) is 1.71.